The summed E-state index contributed by atoms with van der Waals surface area (Å²) in [6.45, 7) is 11.1. The molecule has 0 aliphatic heterocycles. The van der Waals surface area contributed by atoms with Crippen LogP contribution in [0.25, 0.3) is 0 Å². The molecule has 2 heteroatoms. The van der Waals surface area contributed by atoms with Crippen LogP contribution in [0.15, 0.2) is 0 Å². The lowest BCUT2D eigenvalue weighted by molar-refractivity contribution is -0.123. The first-order chi connectivity index (χ1) is 11.8. The number of aliphatic hydroxyl groups excluding tert-OH is 1. The fourth-order valence-electron chi connectivity index (χ4n) is 7.95. The normalized spacial score (nSPS) is 52.6. The zero-order valence-corrected chi connectivity index (χ0v) is 17.1. The second-order valence-electron chi connectivity index (χ2n) is 11.1. The molecule has 2 nitrogen and oxygen atoms in total. The summed E-state index contributed by atoms with van der Waals surface area (Å²) in [7, 11) is 0. The third kappa shape index (κ3) is 2.90. The third-order valence-electron chi connectivity index (χ3n) is 9.41. The molecule has 0 heterocycles. The zero-order valence-electron chi connectivity index (χ0n) is 17.1. The van der Waals surface area contributed by atoms with E-state index in [2.05, 4.69) is 33.0 Å². The van der Waals surface area contributed by atoms with E-state index in [1.165, 1.54) is 51.5 Å². The molecule has 0 aromatic heterocycles. The van der Waals surface area contributed by atoms with Crippen LogP contribution in [0.2, 0.25) is 0 Å². The molecule has 0 aromatic carbocycles. The second kappa shape index (κ2) is 6.51. The van der Waals surface area contributed by atoms with Crippen LogP contribution in [0.5, 0.6) is 0 Å². The molecule has 4 fully saturated rings. The van der Waals surface area contributed by atoms with E-state index in [0.717, 1.165) is 48.5 Å². The molecular weight excluding hydrogens is 306 g/mol. The number of rotatable bonds is 3. The van der Waals surface area contributed by atoms with Crippen LogP contribution in [0, 0.1) is 40.4 Å². The molecule has 25 heavy (non-hydrogen) atoms. The van der Waals surface area contributed by atoms with Crippen molar-refractivity contribution in [3.8, 4) is 0 Å². The highest BCUT2D eigenvalue weighted by atomic mass is 16.3. The first kappa shape index (κ1) is 18.3. The molecule has 8 atom stereocenters. The lowest BCUT2D eigenvalue weighted by Crippen LogP contribution is -2.55. The molecule has 0 bridgehead atoms. The van der Waals surface area contributed by atoms with Crippen molar-refractivity contribution in [2.24, 2.45) is 40.4 Å². The molecule has 0 saturated heterocycles. The van der Waals surface area contributed by atoms with Crippen LogP contribution >= 0.6 is 0 Å². The van der Waals surface area contributed by atoms with Gasteiger partial charge in [0.05, 0.1) is 6.10 Å². The lowest BCUT2D eigenvalue weighted by atomic mass is 9.45. The number of fused-ring (bicyclic) bond motifs is 5. The molecular formula is C23H41NO. The highest BCUT2D eigenvalue weighted by Crippen LogP contribution is 2.66. The van der Waals surface area contributed by atoms with Crippen LogP contribution in [-0.4, -0.2) is 23.8 Å². The molecule has 0 amide bonds. The molecule has 144 valence electrons. The summed E-state index contributed by atoms with van der Waals surface area (Å²) in [5.74, 6) is 4.38. The Labute approximate surface area is 155 Å². The van der Waals surface area contributed by atoms with Gasteiger partial charge in [0.25, 0.3) is 0 Å². The van der Waals surface area contributed by atoms with Crippen LogP contribution in [0.1, 0.15) is 85.5 Å². The first-order valence-corrected chi connectivity index (χ1v) is 11.3. The Morgan fingerprint density at radius 2 is 1.64 bits per heavy atom. The number of nitrogens with one attached hydrogen (secondary N) is 1. The van der Waals surface area contributed by atoms with Crippen molar-refractivity contribution in [2.75, 3.05) is 6.54 Å². The third-order valence-corrected chi connectivity index (χ3v) is 9.41. The SMILES string of the molecule is CC(C)CNC1CCC2[C@@H]3CC[C@H]4C[C@H](O)CC[C@]4(C)[C@H]3CC[C@]12C. The second-order valence-corrected chi connectivity index (χ2v) is 11.1. The molecule has 2 unspecified atom stereocenters. The van der Waals surface area contributed by atoms with Crippen molar-refractivity contribution in [1.82, 2.24) is 5.32 Å². The number of aliphatic hydroxyl groups is 1. The topological polar surface area (TPSA) is 32.3 Å². The van der Waals surface area contributed by atoms with Gasteiger partial charge in [-0.25, -0.2) is 0 Å². The Kier molecular flexibility index (Phi) is 4.77. The summed E-state index contributed by atoms with van der Waals surface area (Å²) in [6, 6.07) is 0.750. The van der Waals surface area contributed by atoms with Crippen LogP contribution in [0.4, 0.5) is 0 Å². The van der Waals surface area contributed by atoms with Gasteiger partial charge in [0.1, 0.15) is 0 Å². The van der Waals surface area contributed by atoms with Gasteiger partial charge in [0, 0.05) is 6.04 Å². The largest absolute Gasteiger partial charge is 0.393 e. The standard InChI is InChI=1S/C23H41NO/c1-15(2)14-24-21-8-7-19-18-6-5-16-13-17(25)9-11-22(16,3)20(18)10-12-23(19,21)4/h15-21,24-25H,5-14H2,1-4H3/t16-,17+,18-,19?,20-,21?,22-,23-/m0/s1. The fraction of sp³-hybridized carbons (Fsp3) is 1.00. The smallest absolute Gasteiger partial charge is 0.0543 e. The van der Waals surface area contributed by atoms with Gasteiger partial charge in [-0.1, -0.05) is 27.7 Å². The van der Waals surface area contributed by atoms with Gasteiger partial charge in [-0.15, -0.1) is 0 Å². The van der Waals surface area contributed by atoms with Crippen LogP contribution < -0.4 is 5.32 Å². The van der Waals surface area contributed by atoms with E-state index in [1.54, 1.807) is 0 Å². The van der Waals surface area contributed by atoms with Gasteiger partial charge in [-0.2, -0.15) is 0 Å². The van der Waals surface area contributed by atoms with Crippen molar-refractivity contribution in [3.05, 3.63) is 0 Å². The average Bonchev–Trinajstić information content (AvgIpc) is 2.90. The summed E-state index contributed by atoms with van der Waals surface area (Å²) in [4.78, 5) is 0. The summed E-state index contributed by atoms with van der Waals surface area (Å²) in [5.41, 5.74) is 1.06. The minimum absolute atomic E-state index is 0.0143. The molecule has 0 aromatic rings. The van der Waals surface area contributed by atoms with Crippen molar-refractivity contribution >= 4 is 0 Å². The maximum Gasteiger partial charge on any atom is 0.0543 e. The quantitative estimate of drug-likeness (QED) is 0.752. The van der Waals surface area contributed by atoms with E-state index in [4.69, 9.17) is 0 Å². The fourth-order valence-corrected chi connectivity index (χ4v) is 7.95. The number of hydrogen-bond acceptors (Lipinski definition) is 2. The summed E-state index contributed by atoms with van der Waals surface area (Å²) >= 11 is 0. The highest BCUT2D eigenvalue weighted by molar-refractivity contribution is 5.10. The summed E-state index contributed by atoms with van der Waals surface area (Å²) < 4.78 is 0. The maximum absolute atomic E-state index is 10.2. The van der Waals surface area contributed by atoms with Crippen molar-refractivity contribution in [3.63, 3.8) is 0 Å². The Balaban J connectivity index is 1.52. The van der Waals surface area contributed by atoms with E-state index in [0.29, 0.717) is 10.8 Å². The Morgan fingerprint density at radius 3 is 2.40 bits per heavy atom. The van der Waals surface area contributed by atoms with E-state index >= 15 is 0 Å². The van der Waals surface area contributed by atoms with E-state index in [-0.39, 0.29) is 6.10 Å². The zero-order chi connectivity index (χ0) is 17.8. The molecule has 2 N–H and O–H groups in total. The number of hydrogen-bond donors (Lipinski definition) is 2. The van der Waals surface area contributed by atoms with Gasteiger partial charge >= 0.3 is 0 Å². The summed E-state index contributed by atoms with van der Waals surface area (Å²) in [6.07, 6.45) is 11.9. The monoisotopic (exact) mass is 347 g/mol. The minimum Gasteiger partial charge on any atom is -0.393 e. The molecule has 4 aliphatic carbocycles. The van der Waals surface area contributed by atoms with Crippen molar-refractivity contribution < 1.29 is 5.11 Å². The average molecular weight is 348 g/mol. The first-order valence-electron chi connectivity index (χ1n) is 11.3. The van der Waals surface area contributed by atoms with E-state index < -0.39 is 0 Å². The molecule has 0 radical (unpaired) electrons. The van der Waals surface area contributed by atoms with Gasteiger partial charge in [0.2, 0.25) is 0 Å². The van der Waals surface area contributed by atoms with Crippen molar-refractivity contribution in [2.45, 2.75) is 97.6 Å². The van der Waals surface area contributed by atoms with Gasteiger partial charge in [-0.05, 0) is 105 Å². The molecule has 4 aliphatic rings. The van der Waals surface area contributed by atoms with Crippen LogP contribution in [-0.2, 0) is 0 Å². The van der Waals surface area contributed by atoms with Gasteiger partial charge in [0.15, 0.2) is 0 Å². The molecule has 0 spiro atoms. The molecule has 4 rings (SSSR count). The Bertz CT molecular complexity index is 490. The van der Waals surface area contributed by atoms with E-state index in [1.807, 2.05) is 0 Å². The Morgan fingerprint density at radius 1 is 0.920 bits per heavy atom. The van der Waals surface area contributed by atoms with Gasteiger partial charge in [-0.3, -0.25) is 0 Å². The van der Waals surface area contributed by atoms with Gasteiger partial charge < -0.3 is 10.4 Å². The predicted molar refractivity (Wildman–Crippen MR) is 104 cm³/mol. The molecule has 4 saturated carbocycles. The van der Waals surface area contributed by atoms with E-state index in [9.17, 15) is 5.11 Å². The lowest BCUT2D eigenvalue weighted by Gasteiger charge is -2.61. The predicted octanol–water partition coefficient (Wildman–Crippen LogP) is 5.00. The maximum atomic E-state index is 10.2. The van der Waals surface area contributed by atoms with Crippen LogP contribution in [0.3, 0.4) is 0 Å². The summed E-state index contributed by atoms with van der Waals surface area (Å²) in [5, 5.41) is 14.1. The minimum atomic E-state index is -0.0143. The van der Waals surface area contributed by atoms with Crippen molar-refractivity contribution in [1.29, 1.82) is 0 Å². The Hall–Kier alpha value is -0.0800. The highest BCUT2D eigenvalue weighted by Gasteiger charge is 2.59.